The number of thiophene rings is 1. The van der Waals surface area contributed by atoms with Gasteiger partial charge in [0.05, 0.1) is 11.3 Å². The maximum Gasteiger partial charge on any atom is 0.282 e. The molecule has 2 aliphatic rings. The summed E-state index contributed by atoms with van der Waals surface area (Å²) in [5, 5.41) is 5.03. The zero-order valence-electron chi connectivity index (χ0n) is 16.9. The summed E-state index contributed by atoms with van der Waals surface area (Å²) in [6, 6.07) is 16.3. The third kappa shape index (κ3) is 3.30. The Bertz CT molecular complexity index is 1200. The Labute approximate surface area is 183 Å². The van der Waals surface area contributed by atoms with Crippen LogP contribution in [-0.2, 0) is 9.59 Å². The van der Waals surface area contributed by atoms with Gasteiger partial charge in [0, 0.05) is 36.4 Å². The van der Waals surface area contributed by atoms with Gasteiger partial charge in [-0.3, -0.25) is 9.59 Å². The van der Waals surface area contributed by atoms with Gasteiger partial charge in [-0.15, -0.1) is 11.3 Å². The zero-order chi connectivity index (χ0) is 21.5. The van der Waals surface area contributed by atoms with Crippen LogP contribution in [0.15, 0.2) is 65.7 Å². The highest BCUT2D eigenvalue weighted by atomic mass is 32.1. The van der Waals surface area contributed by atoms with E-state index < -0.39 is 5.91 Å². The predicted molar refractivity (Wildman–Crippen MR) is 121 cm³/mol. The van der Waals surface area contributed by atoms with Crippen LogP contribution < -0.4 is 24.6 Å². The van der Waals surface area contributed by atoms with Crippen LogP contribution in [0.1, 0.15) is 4.88 Å². The van der Waals surface area contributed by atoms with Crippen molar-refractivity contribution in [3.63, 3.8) is 0 Å². The van der Waals surface area contributed by atoms with E-state index in [-0.39, 0.29) is 18.4 Å². The van der Waals surface area contributed by atoms with E-state index in [9.17, 15) is 9.59 Å². The molecule has 5 rings (SSSR count). The number of hydrogen-bond donors (Lipinski definition) is 1. The molecule has 2 amide bonds. The number of anilines is 3. The first-order chi connectivity index (χ1) is 15.0. The monoisotopic (exact) mass is 433 g/mol. The number of nitrogens with one attached hydrogen (secondary N) is 1. The van der Waals surface area contributed by atoms with E-state index in [0.29, 0.717) is 28.4 Å². The first-order valence-electron chi connectivity index (χ1n) is 9.64. The predicted octanol–water partition coefficient (Wildman–Crippen LogP) is 3.94. The molecule has 0 unspecified atom stereocenters. The van der Waals surface area contributed by atoms with Crippen molar-refractivity contribution in [2.24, 2.45) is 0 Å². The lowest BCUT2D eigenvalue weighted by molar-refractivity contribution is -0.120. The van der Waals surface area contributed by atoms with E-state index in [1.165, 1.54) is 16.2 Å². The van der Waals surface area contributed by atoms with Crippen LogP contribution in [0.2, 0.25) is 0 Å². The normalized spacial score (nSPS) is 15.1. The number of imide groups is 1. The number of hydrogen-bond acceptors (Lipinski definition) is 7. The smallest absolute Gasteiger partial charge is 0.282 e. The van der Waals surface area contributed by atoms with Crippen molar-refractivity contribution in [3.8, 4) is 11.5 Å². The Balaban J connectivity index is 1.53. The fraction of sp³-hybridized carbons (Fsp3) is 0.130. The Hall–Kier alpha value is -3.78. The minimum atomic E-state index is -0.399. The zero-order valence-corrected chi connectivity index (χ0v) is 17.7. The van der Waals surface area contributed by atoms with E-state index in [2.05, 4.69) is 5.32 Å². The van der Waals surface area contributed by atoms with Crippen LogP contribution in [-0.4, -0.2) is 32.7 Å². The summed E-state index contributed by atoms with van der Waals surface area (Å²) < 4.78 is 10.8. The Morgan fingerprint density at radius 3 is 2.45 bits per heavy atom. The van der Waals surface area contributed by atoms with Crippen LogP contribution in [0, 0.1) is 0 Å². The number of rotatable bonds is 5. The molecule has 0 bridgehead atoms. The number of amides is 2. The summed E-state index contributed by atoms with van der Waals surface area (Å²) in [5.74, 6) is 0.489. The van der Waals surface area contributed by atoms with Crippen molar-refractivity contribution in [3.05, 3.63) is 70.6 Å². The molecule has 1 N–H and O–H groups in total. The molecular formula is C23H19N3O4S. The average Bonchev–Trinajstić information content (AvgIpc) is 3.49. The van der Waals surface area contributed by atoms with Crippen molar-refractivity contribution in [1.29, 1.82) is 0 Å². The van der Waals surface area contributed by atoms with Gasteiger partial charge < -0.3 is 19.7 Å². The van der Waals surface area contributed by atoms with E-state index in [1.54, 1.807) is 30.3 Å². The standard InChI is InChI=1S/C23H19N3O4S/c1-25(2)15-6-8-16(9-7-15)26-22(27)20(19-4-3-11-31-19)21(23(26)28)24-14-5-10-17-18(12-14)30-13-29-17/h3-12,24H,13H2,1-2H3. The summed E-state index contributed by atoms with van der Waals surface area (Å²) in [5.41, 5.74) is 2.74. The molecule has 3 aromatic rings. The molecule has 0 saturated heterocycles. The fourth-order valence-corrected chi connectivity index (χ4v) is 4.32. The van der Waals surface area contributed by atoms with Gasteiger partial charge in [-0.05, 0) is 47.8 Å². The molecule has 7 nitrogen and oxygen atoms in total. The largest absolute Gasteiger partial charge is 0.454 e. The number of fused-ring (bicyclic) bond motifs is 1. The van der Waals surface area contributed by atoms with Gasteiger partial charge in [0.15, 0.2) is 11.5 Å². The van der Waals surface area contributed by atoms with Crippen LogP contribution in [0.5, 0.6) is 11.5 Å². The topological polar surface area (TPSA) is 71.1 Å². The number of carbonyl (C=O) groups excluding carboxylic acids is 2. The fourth-order valence-electron chi connectivity index (χ4n) is 3.55. The summed E-state index contributed by atoms with van der Waals surface area (Å²) in [6.45, 7) is 0.163. The van der Waals surface area contributed by atoms with Gasteiger partial charge >= 0.3 is 0 Å². The van der Waals surface area contributed by atoms with Gasteiger partial charge in [0.1, 0.15) is 5.70 Å². The Kier molecular flexibility index (Phi) is 4.63. The first kappa shape index (κ1) is 19.2. The SMILES string of the molecule is CN(C)c1ccc(N2C(=O)C(Nc3ccc4c(c3)OCO4)=C(c3cccs3)C2=O)cc1. The molecule has 0 radical (unpaired) electrons. The van der Waals surface area contributed by atoms with Crippen molar-refractivity contribution in [1.82, 2.24) is 0 Å². The van der Waals surface area contributed by atoms with Crippen LogP contribution in [0.4, 0.5) is 17.1 Å². The van der Waals surface area contributed by atoms with Crippen molar-refractivity contribution >= 4 is 45.8 Å². The minimum Gasteiger partial charge on any atom is -0.454 e. The van der Waals surface area contributed by atoms with Crippen molar-refractivity contribution in [2.75, 3.05) is 36.0 Å². The first-order valence-corrected chi connectivity index (χ1v) is 10.5. The Morgan fingerprint density at radius 2 is 1.74 bits per heavy atom. The summed E-state index contributed by atoms with van der Waals surface area (Å²) >= 11 is 1.42. The lowest BCUT2D eigenvalue weighted by Crippen LogP contribution is -2.32. The van der Waals surface area contributed by atoms with Crippen molar-refractivity contribution in [2.45, 2.75) is 0 Å². The molecule has 0 saturated carbocycles. The number of benzene rings is 2. The molecule has 0 spiro atoms. The lowest BCUT2D eigenvalue weighted by Gasteiger charge is -2.18. The average molecular weight is 433 g/mol. The molecule has 0 atom stereocenters. The second kappa shape index (κ2) is 7.48. The molecule has 2 aromatic carbocycles. The minimum absolute atomic E-state index is 0.163. The molecule has 1 aromatic heterocycles. The molecule has 8 heteroatoms. The molecule has 0 aliphatic carbocycles. The van der Waals surface area contributed by atoms with E-state index >= 15 is 0 Å². The summed E-state index contributed by atoms with van der Waals surface area (Å²) in [4.78, 5) is 30.7. The van der Waals surface area contributed by atoms with Gasteiger partial charge in [0.25, 0.3) is 11.8 Å². The lowest BCUT2D eigenvalue weighted by atomic mass is 10.1. The van der Waals surface area contributed by atoms with Gasteiger partial charge in [-0.1, -0.05) is 6.07 Å². The van der Waals surface area contributed by atoms with Crippen LogP contribution in [0.3, 0.4) is 0 Å². The van der Waals surface area contributed by atoms with Crippen molar-refractivity contribution < 1.29 is 19.1 Å². The Morgan fingerprint density at radius 1 is 0.968 bits per heavy atom. The van der Waals surface area contributed by atoms with E-state index in [4.69, 9.17) is 9.47 Å². The third-order valence-electron chi connectivity index (χ3n) is 5.12. The second-order valence-corrected chi connectivity index (χ2v) is 8.22. The highest BCUT2D eigenvalue weighted by molar-refractivity contribution is 7.11. The quantitative estimate of drug-likeness (QED) is 0.615. The summed E-state index contributed by atoms with van der Waals surface area (Å²) in [6.07, 6.45) is 0. The highest BCUT2D eigenvalue weighted by Crippen LogP contribution is 2.38. The third-order valence-corrected chi connectivity index (χ3v) is 6.01. The molecule has 31 heavy (non-hydrogen) atoms. The highest BCUT2D eigenvalue weighted by Gasteiger charge is 2.40. The molecule has 156 valence electrons. The maximum absolute atomic E-state index is 13.4. The van der Waals surface area contributed by atoms with E-state index in [0.717, 1.165) is 10.6 Å². The number of carbonyl (C=O) groups is 2. The molecule has 2 aliphatic heterocycles. The van der Waals surface area contributed by atoms with Gasteiger partial charge in [-0.25, -0.2) is 4.90 Å². The van der Waals surface area contributed by atoms with Gasteiger partial charge in [0.2, 0.25) is 6.79 Å². The molecule has 3 heterocycles. The van der Waals surface area contributed by atoms with Crippen LogP contribution >= 0.6 is 11.3 Å². The maximum atomic E-state index is 13.4. The molecule has 0 fully saturated rings. The van der Waals surface area contributed by atoms with Gasteiger partial charge in [-0.2, -0.15) is 0 Å². The van der Waals surface area contributed by atoms with Crippen LogP contribution in [0.25, 0.3) is 5.57 Å². The number of ether oxygens (including phenoxy) is 2. The van der Waals surface area contributed by atoms with E-state index in [1.807, 2.05) is 48.6 Å². The number of nitrogens with zero attached hydrogens (tertiary/aromatic N) is 2. The molecular weight excluding hydrogens is 414 g/mol. The summed E-state index contributed by atoms with van der Waals surface area (Å²) in [7, 11) is 3.87. The second-order valence-electron chi connectivity index (χ2n) is 7.28.